The van der Waals surface area contributed by atoms with Crippen molar-refractivity contribution in [1.29, 1.82) is 0 Å². The molecule has 1 amide bonds. The number of hydrogen-bond donors (Lipinski definition) is 1. The first-order valence-corrected chi connectivity index (χ1v) is 7.01. The van der Waals surface area contributed by atoms with Crippen molar-refractivity contribution in [3.8, 4) is 0 Å². The standard InChI is InChI=1S/C13H14N4OS/c14-13-16-15-11(19-13)12(18)17-7-3-6-9-4-1-2-5-10(9)8-17/h1-2,4-5H,3,6-8H2,(H2,14,16). The van der Waals surface area contributed by atoms with Crippen LogP contribution in [0.5, 0.6) is 0 Å². The molecule has 0 fully saturated rings. The number of benzene rings is 1. The number of nitrogens with zero attached hydrogens (tertiary/aromatic N) is 3. The van der Waals surface area contributed by atoms with Crippen molar-refractivity contribution in [2.45, 2.75) is 19.4 Å². The van der Waals surface area contributed by atoms with Gasteiger partial charge in [0.25, 0.3) is 5.91 Å². The largest absolute Gasteiger partial charge is 0.374 e. The second-order valence-corrected chi connectivity index (χ2v) is 5.55. The summed E-state index contributed by atoms with van der Waals surface area (Å²) in [6.07, 6.45) is 1.98. The lowest BCUT2D eigenvalue weighted by Crippen LogP contribution is -2.30. The first-order chi connectivity index (χ1) is 9.24. The van der Waals surface area contributed by atoms with Gasteiger partial charge in [0.05, 0.1) is 0 Å². The molecule has 0 radical (unpaired) electrons. The molecule has 6 heteroatoms. The molecule has 5 nitrogen and oxygen atoms in total. The second-order valence-electron chi connectivity index (χ2n) is 4.54. The SMILES string of the molecule is Nc1nnc(C(=O)N2CCCc3ccccc3C2)s1. The van der Waals surface area contributed by atoms with Crippen molar-refractivity contribution in [2.24, 2.45) is 0 Å². The smallest absolute Gasteiger partial charge is 0.285 e. The lowest BCUT2D eigenvalue weighted by atomic mass is 10.0. The summed E-state index contributed by atoms with van der Waals surface area (Å²) in [6, 6.07) is 8.26. The number of nitrogen functional groups attached to an aromatic ring is 1. The molecule has 2 N–H and O–H groups in total. The number of hydrogen-bond acceptors (Lipinski definition) is 5. The summed E-state index contributed by atoms with van der Waals surface area (Å²) in [5, 5.41) is 8.23. The molecule has 0 saturated heterocycles. The summed E-state index contributed by atoms with van der Waals surface area (Å²) in [7, 11) is 0. The summed E-state index contributed by atoms with van der Waals surface area (Å²) in [4.78, 5) is 14.2. The fourth-order valence-corrected chi connectivity index (χ4v) is 2.91. The van der Waals surface area contributed by atoms with E-state index in [0.29, 0.717) is 16.7 Å². The Bertz CT molecular complexity index is 610. The Kier molecular flexibility index (Phi) is 3.16. The van der Waals surface area contributed by atoms with Crippen molar-refractivity contribution < 1.29 is 4.79 Å². The third kappa shape index (κ3) is 2.44. The van der Waals surface area contributed by atoms with Gasteiger partial charge < -0.3 is 10.6 Å². The number of anilines is 1. The predicted octanol–water partition coefficient (Wildman–Crippen LogP) is 1.71. The molecular weight excluding hydrogens is 260 g/mol. The van der Waals surface area contributed by atoms with Crippen LogP contribution in [-0.4, -0.2) is 27.5 Å². The quantitative estimate of drug-likeness (QED) is 0.859. The molecule has 1 aliphatic heterocycles. The number of fused-ring (bicyclic) bond motifs is 1. The van der Waals surface area contributed by atoms with Gasteiger partial charge in [-0.05, 0) is 24.0 Å². The Hall–Kier alpha value is -1.95. The van der Waals surface area contributed by atoms with Gasteiger partial charge in [-0.2, -0.15) is 0 Å². The van der Waals surface area contributed by atoms with Crippen molar-refractivity contribution in [1.82, 2.24) is 15.1 Å². The molecule has 0 spiro atoms. The van der Waals surface area contributed by atoms with E-state index in [1.54, 1.807) is 0 Å². The number of aromatic nitrogens is 2. The predicted molar refractivity (Wildman–Crippen MR) is 73.8 cm³/mol. The zero-order chi connectivity index (χ0) is 13.2. The van der Waals surface area contributed by atoms with Gasteiger partial charge in [0.1, 0.15) is 0 Å². The van der Waals surface area contributed by atoms with E-state index in [1.165, 1.54) is 11.1 Å². The van der Waals surface area contributed by atoms with Gasteiger partial charge in [-0.1, -0.05) is 35.6 Å². The molecule has 2 aromatic rings. The molecule has 0 unspecified atom stereocenters. The molecule has 0 saturated carbocycles. The fraction of sp³-hybridized carbons (Fsp3) is 0.308. The van der Waals surface area contributed by atoms with Gasteiger partial charge in [-0.25, -0.2) is 0 Å². The van der Waals surface area contributed by atoms with Crippen LogP contribution in [0, 0.1) is 0 Å². The average molecular weight is 274 g/mol. The third-order valence-corrected chi connectivity index (χ3v) is 4.00. The van der Waals surface area contributed by atoms with Gasteiger partial charge in [0.2, 0.25) is 10.1 Å². The van der Waals surface area contributed by atoms with Gasteiger partial charge in [0, 0.05) is 13.1 Å². The van der Waals surface area contributed by atoms with Crippen molar-refractivity contribution in [3.63, 3.8) is 0 Å². The maximum Gasteiger partial charge on any atom is 0.285 e. The molecule has 98 valence electrons. The van der Waals surface area contributed by atoms with Gasteiger partial charge in [0.15, 0.2) is 0 Å². The van der Waals surface area contributed by atoms with E-state index in [9.17, 15) is 4.79 Å². The normalized spacial score (nSPS) is 14.8. The van der Waals surface area contributed by atoms with Crippen LogP contribution < -0.4 is 5.73 Å². The van der Waals surface area contributed by atoms with Crippen LogP contribution >= 0.6 is 11.3 Å². The number of carbonyl (C=O) groups excluding carboxylic acids is 1. The second kappa shape index (κ2) is 4.97. The van der Waals surface area contributed by atoms with E-state index < -0.39 is 0 Å². The maximum atomic E-state index is 12.4. The Morgan fingerprint density at radius 3 is 2.79 bits per heavy atom. The summed E-state index contributed by atoms with van der Waals surface area (Å²) in [6.45, 7) is 1.38. The molecule has 19 heavy (non-hydrogen) atoms. The zero-order valence-corrected chi connectivity index (χ0v) is 11.2. The molecule has 2 heterocycles. The van der Waals surface area contributed by atoms with Crippen molar-refractivity contribution in [2.75, 3.05) is 12.3 Å². The van der Waals surface area contributed by atoms with Gasteiger partial charge in [-0.3, -0.25) is 4.79 Å². The lowest BCUT2D eigenvalue weighted by Gasteiger charge is -2.19. The Morgan fingerprint density at radius 2 is 2.05 bits per heavy atom. The Morgan fingerprint density at radius 1 is 1.26 bits per heavy atom. The first-order valence-electron chi connectivity index (χ1n) is 6.19. The average Bonchev–Trinajstić information content (AvgIpc) is 2.74. The number of aryl methyl sites for hydroxylation is 1. The van der Waals surface area contributed by atoms with Crippen LogP contribution in [0.1, 0.15) is 27.3 Å². The maximum absolute atomic E-state index is 12.4. The molecule has 3 rings (SSSR count). The van der Waals surface area contributed by atoms with Crippen LogP contribution in [0.4, 0.5) is 5.13 Å². The number of carbonyl (C=O) groups is 1. The van der Waals surface area contributed by atoms with Crippen LogP contribution in [0.25, 0.3) is 0 Å². The fourth-order valence-electron chi connectivity index (χ4n) is 2.33. The molecule has 1 aromatic heterocycles. The number of rotatable bonds is 1. The lowest BCUT2D eigenvalue weighted by molar-refractivity contribution is 0.0744. The molecular formula is C13H14N4OS. The molecule has 1 aromatic carbocycles. The number of amides is 1. The van der Waals surface area contributed by atoms with E-state index in [2.05, 4.69) is 22.3 Å². The van der Waals surface area contributed by atoms with Crippen LogP contribution in [0.2, 0.25) is 0 Å². The minimum Gasteiger partial charge on any atom is -0.374 e. The van der Waals surface area contributed by atoms with E-state index in [0.717, 1.165) is 30.7 Å². The molecule has 0 bridgehead atoms. The highest BCUT2D eigenvalue weighted by atomic mass is 32.1. The third-order valence-electron chi connectivity index (χ3n) is 3.26. The summed E-state index contributed by atoms with van der Waals surface area (Å²) >= 11 is 1.14. The minimum atomic E-state index is -0.0779. The summed E-state index contributed by atoms with van der Waals surface area (Å²) in [5.41, 5.74) is 8.07. The zero-order valence-electron chi connectivity index (χ0n) is 10.4. The summed E-state index contributed by atoms with van der Waals surface area (Å²) in [5.74, 6) is -0.0779. The topological polar surface area (TPSA) is 72.1 Å². The highest BCUT2D eigenvalue weighted by Gasteiger charge is 2.22. The monoisotopic (exact) mass is 274 g/mol. The van der Waals surface area contributed by atoms with Crippen LogP contribution in [0.15, 0.2) is 24.3 Å². The van der Waals surface area contributed by atoms with Gasteiger partial charge >= 0.3 is 0 Å². The molecule has 0 aliphatic carbocycles. The van der Waals surface area contributed by atoms with E-state index in [-0.39, 0.29) is 5.91 Å². The highest BCUT2D eigenvalue weighted by molar-refractivity contribution is 7.16. The van der Waals surface area contributed by atoms with Gasteiger partial charge in [-0.15, -0.1) is 10.2 Å². The Balaban J connectivity index is 1.84. The van der Waals surface area contributed by atoms with E-state index in [4.69, 9.17) is 5.73 Å². The highest BCUT2D eigenvalue weighted by Crippen LogP contribution is 2.21. The Labute approximate surface area is 115 Å². The minimum absolute atomic E-state index is 0.0779. The van der Waals surface area contributed by atoms with E-state index >= 15 is 0 Å². The van der Waals surface area contributed by atoms with Crippen LogP contribution in [-0.2, 0) is 13.0 Å². The van der Waals surface area contributed by atoms with Crippen molar-refractivity contribution >= 4 is 22.4 Å². The molecule has 1 aliphatic rings. The van der Waals surface area contributed by atoms with E-state index in [1.807, 2.05) is 17.0 Å². The van der Waals surface area contributed by atoms with Crippen molar-refractivity contribution in [3.05, 3.63) is 40.4 Å². The number of nitrogens with two attached hydrogens (primary N) is 1. The first kappa shape index (κ1) is 12.1. The molecule has 0 atom stereocenters. The van der Waals surface area contributed by atoms with Crippen LogP contribution in [0.3, 0.4) is 0 Å². The summed E-state index contributed by atoms with van der Waals surface area (Å²) < 4.78 is 0.